The van der Waals surface area contributed by atoms with Crippen LogP contribution in [0.4, 0.5) is 0 Å². The molecule has 0 radical (unpaired) electrons. The number of hydrogen-bond acceptors (Lipinski definition) is 4. The van der Waals surface area contributed by atoms with Crippen LogP contribution in [0.25, 0.3) is 17.0 Å². The van der Waals surface area contributed by atoms with E-state index < -0.39 is 0 Å². The number of carbonyl (C=O) groups excluding carboxylic acids is 1. The Hall–Kier alpha value is -4.50. The van der Waals surface area contributed by atoms with Crippen LogP contribution in [0.15, 0.2) is 89.7 Å². The Morgan fingerprint density at radius 2 is 1.69 bits per heavy atom. The van der Waals surface area contributed by atoms with Crippen molar-refractivity contribution in [3.05, 3.63) is 118 Å². The van der Waals surface area contributed by atoms with Gasteiger partial charge >= 0.3 is 0 Å². The van der Waals surface area contributed by atoms with E-state index in [9.17, 15) is 9.59 Å². The lowest BCUT2D eigenvalue weighted by Crippen LogP contribution is -2.30. The first-order valence-corrected chi connectivity index (χ1v) is 10.1. The highest BCUT2D eigenvalue weighted by Gasteiger charge is 2.14. The van der Waals surface area contributed by atoms with Gasteiger partial charge in [-0.3, -0.25) is 9.59 Å². The average molecular weight is 420 g/mol. The number of benzene rings is 3. The molecule has 32 heavy (non-hydrogen) atoms. The highest BCUT2D eigenvalue weighted by molar-refractivity contribution is 5.91. The number of para-hydroxylation sites is 1. The van der Waals surface area contributed by atoms with Gasteiger partial charge in [-0.15, -0.1) is 0 Å². The maximum Gasteiger partial charge on any atom is 0.258 e. The smallest absolute Gasteiger partial charge is 0.258 e. The van der Waals surface area contributed by atoms with Crippen molar-refractivity contribution in [1.82, 2.24) is 14.9 Å². The van der Waals surface area contributed by atoms with Crippen LogP contribution in [0.1, 0.15) is 22.5 Å². The summed E-state index contributed by atoms with van der Waals surface area (Å²) in [6, 6.07) is 25.8. The minimum Gasteiger partial charge on any atom is -0.327 e. The summed E-state index contributed by atoms with van der Waals surface area (Å²) in [5, 5.41) is 9.44. The number of fused-ring (bicyclic) bond motifs is 1. The maximum absolute atomic E-state index is 13.1. The zero-order chi connectivity index (χ0) is 22.3. The van der Waals surface area contributed by atoms with Gasteiger partial charge in [-0.05, 0) is 41.5 Å². The van der Waals surface area contributed by atoms with Crippen molar-refractivity contribution >= 4 is 22.9 Å². The summed E-state index contributed by atoms with van der Waals surface area (Å²) in [7, 11) is 0. The lowest BCUT2D eigenvalue weighted by molar-refractivity contribution is -0.127. The third-order valence-corrected chi connectivity index (χ3v) is 4.99. The van der Waals surface area contributed by atoms with Crippen LogP contribution in [0.2, 0.25) is 0 Å². The van der Waals surface area contributed by atoms with E-state index in [4.69, 9.17) is 5.26 Å². The molecule has 1 aromatic heterocycles. The maximum atomic E-state index is 13.1. The molecule has 0 spiro atoms. The molecule has 3 aromatic carbocycles. The average Bonchev–Trinajstić information content (AvgIpc) is 2.83. The molecule has 4 rings (SSSR count). The molecule has 156 valence electrons. The Balaban J connectivity index is 1.61. The zero-order valence-corrected chi connectivity index (χ0v) is 17.2. The molecule has 0 aliphatic rings. The number of nitriles is 1. The van der Waals surface area contributed by atoms with Crippen molar-refractivity contribution in [1.29, 1.82) is 5.26 Å². The molecule has 0 atom stereocenters. The Morgan fingerprint density at radius 1 is 0.969 bits per heavy atom. The molecule has 6 nitrogen and oxygen atoms in total. The molecule has 0 aliphatic heterocycles. The molecule has 0 saturated carbocycles. The third-order valence-electron chi connectivity index (χ3n) is 4.99. The number of aromatic nitrogens is 2. The summed E-state index contributed by atoms with van der Waals surface area (Å²) in [6.45, 7) is 0.527. The third kappa shape index (κ3) is 4.97. The first kappa shape index (κ1) is 20.8. The Bertz CT molecular complexity index is 1370. The van der Waals surface area contributed by atoms with Crippen molar-refractivity contribution in [2.24, 2.45) is 0 Å². The first-order valence-electron chi connectivity index (χ1n) is 10.1. The first-order chi connectivity index (χ1) is 15.6. The molecule has 6 heteroatoms. The molecule has 4 aromatic rings. The molecule has 0 saturated heterocycles. The van der Waals surface area contributed by atoms with Gasteiger partial charge in [0.05, 0.1) is 29.1 Å². The Morgan fingerprint density at radius 3 is 2.44 bits per heavy atom. The molecular formula is C26H20N4O2. The van der Waals surface area contributed by atoms with E-state index in [0.717, 1.165) is 11.1 Å². The van der Waals surface area contributed by atoms with Crippen molar-refractivity contribution in [2.45, 2.75) is 13.1 Å². The molecule has 0 aliphatic carbocycles. The van der Waals surface area contributed by atoms with Gasteiger partial charge in [0, 0.05) is 12.6 Å². The minimum atomic E-state index is -0.231. The van der Waals surface area contributed by atoms with Crippen LogP contribution in [0.3, 0.4) is 0 Å². The summed E-state index contributed by atoms with van der Waals surface area (Å²) in [6.07, 6.45) is 3.20. The van der Waals surface area contributed by atoms with E-state index in [1.54, 1.807) is 53.4 Å². The number of amides is 1. The molecule has 1 N–H and O–H groups in total. The molecule has 1 amide bonds. The van der Waals surface area contributed by atoms with Gasteiger partial charge in [0.15, 0.2) is 0 Å². The molecule has 0 unspecified atom stereocenters. The van der Waals surface area contributed by atoms with Crippen LogP contribution in [0, 0.1) is 11.3 Å². The summed E-state index contributed by atoms with van der Waals surface area (Å²) >= 11 is 0. The topological polar surface area (TPSA) is 89.8 Å². The van der Waals surface area contributed by atoms with Gasteiger partial charge in [-0.1, -0.05) is 54.6 Å². The fourth-order valence-corrected chi connectivity index (χ4v) is 3.35. The largest absolute Gasteiger partial charge is 0.327 e. The number of aromatic amines is 1. The van der Waals surface area contributed by atoms with E-state index in [0.29, 0.717) is 28.8 Å². The van der Waals surface area contributed by atoms with E-state index in [2.05, 4.69) is 16.0 Å². The lowest BCUT2D eigenvalue weighted by Gasteiger charge is -2.21. The summed E-state index contributed by atoms with van der Waals surface area (Å²) in [5.74, 6) is 0.207. The van der Waals surface area contributed by atoms with Crippen LogP contribution in [-0.4, -0.2) is 20.8 Å². The van der Waals surface area contributed by atoms with Gasteiger partial charge in [-0.25, -0.2) is 4.98 Å². The monoisotopic (exact) mass is 420 g/mol. The highest BCUT2D eigenvalue weighted by Crippen LogP contribution is 2.12. The normalized spacial score (nSPS) is 10.8. The summed E-state index contributed by atoms with van der Waals surface area (Å²) in [4.78, 5) is 34.5. The van der Waals surface area contributed by atoms with Crippen LogP contribution in [-0.2, 0) is 17.9 Å². The quantitative estimate of drug-likeness (QED) is 0.477. The fraction of sp³-hybridized carbons (Fsp3) is 0.0769. The number of H-pyrrole nitrogens is 1. The Kier molecular flexibility index (Phi) is 6.19. The SMILES string of the molecule is N#Cc1ccc(/C=C/C(=O)N(Cc2ccccc2)Cc2nc3ccccc3c(=O)[nH]2)cc1. The molecule has 0 fully saturated rings. The number of rotatable bonds is 6. The second-order valence-corrected chi connectivity index (χ2v) is 7.28. The van der Waals surface area contributed by atoms with Crippen molar-refractivity contribution < 1.29 is 4.79 Å². The Labute approximate surface area is 185 Å². The van der Waals surface area contributed by atoms with E-state index in [1.807, 2.05) is 36.4 Å². The minimum absolute atomic E-state index is 0.158. The molecule has 0 bridgehead atoms. The van der Waals surface area contributed by atoms with Gasteiger partial charge in [0.1, 0.15) is 5.82 Å². The highest BCUT2D eigenvalue weighted by atomic mass is 16.2. The van der Waals surface area contributed by atoms with Crippen molar-refractivity contribution in [2.75, 3.05) is 0 Å². The van der Waals surface area contributed by atoms with Gasteiger partial charge in [0.25, 0.3) is 5.56 Å². The van der Waals surface area contributed by atoms with Crippen LogP contribution >= 0.6 is 0 Å². The predicted molar refractivity (Wildman–Crippen MR) is 123 cm³/mol. The standard InChI is InChI=1S/C26H20N4O2/c27-16-20-12-10-19(11-13-20)14-15-25(31)30(17-21-6-2-1-3-7-21)18-24-28-23-9-5-4-8-22(23)26(32)29-24/h1-15H,17-18H2,(H,28,29,32)/b15-14+. The van der Waals surface area contributed by atoms with E-state index in [1.165, 1.54) is 6.08 Å². The lowest BCUT2D eigenvalue weighted by atomic mass is 10.1. The number of nitrogens with one attached hydrogen (secondary N) is 1. The zero-order valence-electron chi connectivity index (χ0n) is 17.2. The predicted octanol–water partition coefficient (Wildman–Crippen LogP) is 4.04. The van der Waals surface area contributed by atoms with Gasteiger partial charge < -0.3 is 9.88 Å². The van der Waals surface area contributed by atoms with E-state index >= 15 is 0 Å². The van der Waals surface area contributed by atoms with Crippen LogP contribution < -0.4 is 5.56 Å². The fourth-order valence-electron chi connectivity index (χ4n) is 3.35. The van der Waals surface area contributed by atoms with Crippen LogP contribution in [0.5, 0.6) is 0 Å². The second-order valence-electron chi connectivity index (χ2n) is 7.28. The van der Waals surface area contributed by atoms with Gasteiger partial charge in [0.2, 0.25) is 5.91 Å². The summed E-state index contributed by atoms with van der Waals surface area (Å²) in [5.41, 5.74) is 2.70. The number of carbonyl (C=O) groups is 1. The number of hydrogen-bond donors (Lipinski definition) is 1. The van der Waals surface area contributed by atoms with Crippen molar-refractivity contribution in [3.63, 3.8) is 0 Å². The van der Waals surface area contributed by atoms with Crippen molar-refractivity contribution in [3.8, 4) is 6.07 Å². The van der Waals surface area contributed by atoms with Gasteiger partial charge in [-0.2, -0.15) is 5.26 Å². The second kappa shape index (κ2) is 9.54. The van der Waals surface area contributed by atoms with E-state index in [-0.39, 0.29) is 18.0 Å². The molecular weight excluding hydrogens is 400 g/mol. The number of nitrogens with zero attached hydrogens (tertiary/aromatic N) is 3. The summed E-state index contributed by atoms with van der Waals surface area (Å²) < 4.78 is 0. The molecule has 1 heterocycles.